The summed E-state index contributed by atoms with van der Waals surface area (Å²) in [5.74, 6) is 1.18. The molecule has 0 aromatic rings. The van der Waals surface area contributed by atoms with Crippen molar-refractivity contribution in [2.45, 2.75) is 6.92 Å². The highest BCUT2D eigenvalue weighted by Gasteiger charge is 1.86. The van der Waals surface area contributed by atoms with Crippen molar-refractivity contribution in [1.29, 1.82) is 0 Å². The van der Waals surface area contributed by atoms with Gasteiger partial charge in [0, 0.05) is 18.8 Å². The fraction of sp³-hybridized carbons (Fsp3) is 0.714. The Labute approximate surface area is 71.4 Å². The molecule has 10 heavy (non-hydrogen) atoms. The Bertz CT molecular complexity index is 93.6. The average molecular weight is 177 g/mol. The lowest BCUT2D eigenvalue weighted by molar-refractivity contribution is 0.784. The molecule has 0 saturated carbocycles. The van der Waals surface area contributed by atoms with Gasteiger partial charge in [-0.05, 0) is 13.2 Å². The van der Waals surface area contributed by atoms with Gasteiger partial charge in [-0.1, -0.05) is 33.7 Å². The molecule has 0 aromatic heterocycles. The molecule has 1 nitrogen and oxygen atoms in total. The predicted molar refractivity (Wildman–Crippen MR) is 53.7 cm³/mol. The Balaban J connectivity index is 2.84. The van der Waals surface area contributed by atoms with Crippen LogP contribution in [0.1, 0.15) is 6.92 Å². The van der Waals surface area contributed by atoms with Gasteiger partial charge in [-0.15, -0.1) is 0 Å². The Morgan fingerprint density at radius 3 is 2.80 bits per heavy atom. The second-order valence-electron chi connectivity index (χ2n) is 2.12. The first-order valence-electron chi connectivity index (χ1n) is 3.28. The average Bonchev–Trinajstić information content (AvgIpc) is 1.87. The molecule has 0 heterocycles. The first kappa shape index (κ1) is 10.4. The standard InChI is InChI=1S/C7H15NS2/c1-7(2)6-8-4-5-10-9-3/h8H,1,4-6H2,2-3H3. The molecular weight excluding hydrogens is 162 g/mol. The fourth-order valence-corrected chi connectivity index (χ4v) is 1.64. The van der Waals surface area contributed by atoms with Crippen LogP contribution >= 0.6 is 21.6 Å². The summed E-state index contributed by atoms with van der Waals surface area (Å²) in [6, 6.07) is 0. The van der Waals surface area contributed by atoms with Crippen LogP contribution in [0.25, 0.3) is 0 Å². The van der Waals surface area contributed by atoms with E-state index in [2.05, 4.69) is 18.2 Å². The normalized spacial score (nSPS) is 9.80. The molecule has 0 aliphatic carbocycles. The molecule has 0 saturated heterocycles. The second-order valence-corrected chi connectivity index (χ2v) is 4.81. The molecule has 1 N–H and O–H groups in total. The molecule has 3 heteroatoms. The zero-order chi connectivity index (χ0) is 7.82. The van der Waals surface area contributed by atoms with E-state index in [0.29, 0.717) is 0 Å². The van der Waals surface area contributed by atoms with Gasteiger partial charge in [0.2, 0.25) is 0 Å². The SMILES string of the molecule is C=C(C)CNCCSSC. The van der Waals surface area contributed by atoms with Gasteiger partial charge in [0.05, 0.1) is 0 Å². The maximum Gasteiger partial charge on any atom is 0.0162 e. The lowest BCUT2D eigenvalue weighted by Crippen LogP contribution is -2.18. The molecule has 0 bridgehead atoms. The summed E-state index contributed by atoms with van der Waals surface area (Å²) in [6.45, 7) is 7.87. The van der Waals surface area contributed by atoms with Crippen LogP contribution in [0.3, 0.4) is 0 Å². The third-order valence-electron chi connectivity index (χ3n) is 0.907. The highest BCUT2D eigenvalue weighted by molar-refractivity contribution is 8.76. The minimum atomic E-state index is 0.953. The number of hydrogen-bond acceptors (Lipinski definition) is 3. The molecule has 0 aromatic carbocycles. The summed E-state index contributed by atoms with van der Waals surface area (Å²) in [4.78, 5) is 0. The van der Waals surface area contributed by atoms with Crippen molar-refractivity contribution < 1.29 is 0 Å². The van der Waals surface area contributed by atoms with Crippen LogP contribution in [0.4, 0.5) is 0 Å². The second kappa shape index (κ2) is 7.51. The van der Waals surface area contributed by atoms with Gasteiger partial charge in [-0.2, -0.15) is 0 Å². The molecule has 0 atom stereocenters. The molecule has 0 spiro atoms. The van der Waals surface area contributed by atoms with Gasteiger partial charge in [-0.3, -0.25) is 0 Å². The van der Waals surface area contributed by atoms with Crippen molar-refractivity contribution in [2.75, 3.05) is 25.1 Å². The number of nitrogens with one attached hydrogen (secondary N) is 1. The Morgan fingerprint density at radius 2 is 2.30 bits per heavy atom. The highest BCUT2D eigenvalue weighted by Crippen LogP contribution is 2.14. The predicted octanol–water partition coefficient (Wildman–Crippen LogP) is 2.16. The van der Waals surface area contributed by atoms with Crippen molar-refractivity contribution in [1.82, 2.24) is 5.32 Å². The fourth-order valence-electron chi connectivity index (χ4n) is 0.499. The monoisotopic (exact) mass is 177 g/mol. The largest absolute Gasteiger partial charge is 0.312 e. The summed E-state index contributed by atoms with van der Waals surface area (Å²) in [6.07, 6.45) is 2.10. The van der Waals surface area contributed by atoms with Crippen LogP contribution in [-0.4, -0.2) is 25.1 Å². The summed E-state index contributed by atoms with van der Waals surface area (Å²) < 4.78 is 0. The van der Waals surface area contributed by atoms with Crippen molar-refractivity contribution in [3.05, 3.63) is 12.2 Å². The van der Waals surface area contributed by atoms with E-state index in [4.69, 9.17) is 0 Å². The maximum atomic E-state index is 3.80. The lowest BCUT2D eigenvalue weighted by atomic mass is 10.3. The van der Waals surface area contributed by atoms with E-state index in [9.17, 15) is 0 Å². The van der Waals surface area contributed by atoms with E-state index in [-0.39, 0.29) is 0 Å². The molecule has 0 aliphatic rings. The van der Waals surface area contributed by atoms with Crippen molar-refractivity contribution >= 4 is 21.6 Å². The third kappa shape index (κ3) is 8.40. The van der Waals surface area contributed by atoms with Crippen LogP contribution in [-0.2, 0) is 0 Å². The van der Waals surface area contributed by atoms with Crippen LogP contribution in [0.2, 0.25) is 0 Å². The topological polar surface area (TPSA) is 12.0 Å². The van der Waals surface area contributed by atoms with Gasteiger partial charge in [0.25, 0.3) is 0 Å². The summed E-state index contributed by atoms with van der Waals surface area (Å²) in [5, 5.41) is 3.29. The maximum absolute atomic E-state index is 3.80. The minimum Gasteiger partial charge on any atom is -0.312 e. The van der Waals surface area contributed by atoms with Gasteiger partial charge < -0.3 is 5.32 Å². The summed E-state index contributed by atoms with van der Waals surface area (Å²) >= 11 is 0. The number of hydrogen-bond donors (Lipinski definition) is 1. The van der Waals surface area contributed by atoms with Gasteiger partial charge >= 0.3 is 0 Å². The van der Waals surface area contributed by atoms with E-state index in [0.717, 1.165) is 13.1 Å². The first-order valence-corrected chi connectivity index (χ1v) is 6.00. The lowest BCUT2D eigenvalue weighted by Gasteiger charge is -2.01. The Kier molecular flexibility index (Phi) is 7.81. The van der Waals surface area contributed by atoms with Crippen LogP contribution in [0, 0.1) is 0 Å². The Hall–Kier alpha value is 0.400. The smallest absolute Gasteiger partial charge is 0.0162 e. The molecule has 0 radical (unpaired) electrons. The molecule has 0 fully saturated rings. The molecule has 0 aliphatic heterocycles. The highest BCUT2D eigenvalue weighted by atomic mass is 33.1. The van der Waals surface area contributed by atoms with E-state index >= 15 is 0 Å². The van der Waals surface area contributed by atoms with Gasteiger partial charge in [0.1, 0.15) is 0 Å². The zero-order valence-electron chi connectivity index (χ0n) is 6.64. The van der Waals surface area contributed by atoms with Gasteiger partial charge in [-0.25, -0.2) is 0 Å². The Morgan fingerprint density at radius 1 is 1.60 bits per heavy atom. The van der Waals surface area contributed by atoms with Crippen LogP contribution in [0.15, 0.2) is 12.2 Å². The third-order valence-corrected chi connectivity index (χ3v) is 2.72. The molecule has 60 valence electrons. The summed E-state index contributed by atoms with van der Waals surface area (Å²) in [5.41, 5.74) is 1.20. The summed E-state index contributed by atoms with van der Waals surface area (Å²) in [7, 11) is 3.70. The van der Waals surface area contributed by atoms with Gasteiger partial charge in [0.15, 0.2) is 0 Å². The molecular formula is C7H15NS2. The zero-order valence-corrected chi connectivity index (χ0v) is 8.28. The van der Waals surface area contributed by atoms with Crippen molar-refractivity contribution in [3.63, 3.8) is 0 Å². The molecule has 0 amide bonds. The van der Waals surface area contributed by atoms with Crippen LogP contribution in [0.5, 0.6) is 0 Å². The van der Waals surface area contributed by atoms with Crippen molar-refractivity contribution in [3.8, 4) is 0 Å². The molecule has 0 unspecified atom stereocenters. The number of rotatable bonds is 6. The van der Waals surface area contributed by atoms with Crippen molar-refractivity contribution in [2.24, 2.45) is 0 Å². The first-order chi connectivity index (χ1) is 4.77. The van der Waals surface area contributed by atoms with E-state index < -0.39 is 0 Å². The van der Waals surface area contributed by atoms with E-state index in [1.165, 1.54) is 11.3 Å². The minimum absolute atomic E-state index is 0.953. The quantitative estimate of drug-likeness (QED) is 0.379. The van der Waals surface area contributed by atoms with Crippen LogP contribution < -0.4 is 5.32 Å². The molecule has 0 rings (SSSR count). The van der Waals surface area contributed by atoms with E-state index in [1.807, 2.05) is 28.5 Å². The van der Waals surface area contributed by atoms with E-state index in [1.54, 1.807) is 0 Å².